The van der Waals surface area contributed by atoms with E-state index in [1.54, 1.807) is 24.3 Å². The van der Waals surface area contributed by atoms with Crippen molar-refractivity contribution >= 4 is 12.4 Å². The summed E-state index contributed by atoms with van der Waals surface area (Å²) in [7, 11) is 1.42. The molecule has 0 aliphatic rings. The number of phenolic OH excluding ortho intramolecular Hbond substituents is 1. The summed E-state index contributed by atoms with van der Waals surface area (Å²) < 4.78 is 4.94. The Morgan fingerprint density at radius 2 is 2.19 bits per heavy atom. The number of carbonyl (C=O) groups is 1. The summed E-state index contributed by atoms with van der Waals surface area (Å²) in [5, 5.41) is 18.2. The molecule has 16 heavy (non-hydrogen) atoms. The number of aromatic hydroxyl groups is 1. The van der Waals surface area contributed by atoms with Crippen LogP contribution in [0.25, 0.3) is 6.08 Å². The van der Waals surface area contributed by atoms with E-state index in [9.17, 15) is 9.90 Å². The molecule has 1 aromatic carbocycles. The molecule has 1 aromatic rings. The minimum absolute atomic E-state index is 0.0757. The maximum Gasteiger partial charge on any atom is 0.168 e. The molecule has 2 N–H and O–H groups in total. The predicted octanol–water partition coefficient (Wildman–Crippen LogP) is 1.61. The van der Waals surface area contributed by atoms with Crippen LogP contribution in [0.1, 0.15) is 22.3 Å². The van der Waals surface area contributed by atoms with Gasteiger partial charge in [0.25, 0.3) is 0 Å². The molecular weight excluding hydrogens is 208 g/mol. The van der Waals surface area contributed by atoms with Gasteiger partial charge in [0.2, 0.25) is 0 Å². The lowest BCUT2D eigenvalue weighted by Crippen LogP contribution is -1.90. The normalized spacial score (nSPS) is 10.6. The Hall–Kier alpha value is -1.81. The Morgan fingerprint density at radius 3 is 2.75 bits per heavy atom. The molecule has 0 atom stereocenters. The number of phenols is 1. The number of rotatable bonds is 5. The smallest absolute Gasteiger partial charge is 0.168 e. The third-order valence-corrected chi connectivity index (χ3v) is 2.08. The van der Waals surface area contributed by atoms with Crippen LogP contribution < -0.4 is 4.74 Å². The maximum absolute atomic E-state index is 10.7. The first kappa shape index (κ1) is 12.3. The van der Waals surface area contributed by atoms with Gasteiger partial charge in [-0.1, -0.05) is 12.2 Å². The zero-order valence-electron chi connectivity index (χ0n) is 9.01. The van der Waals surface area contributed by atoms with E-state index in [4.69, 9.17) is 9.84 Å². The van der Waals surface area contributed by atoms with Crippen molar-refractivity contribution in [2.24, 2.45) is 0 Å². The molecule has 4 heteroatoms. The van der Waals surface area contributed by atoms with Crippen LogP contribution in [0, 0.1) is 0 Å². The first-order valence-electron chi connectivity index (χ1n) is 4.86. The molecule has 0 aliphatic carbocycles. The van der Waals surface area contributed by atoms with Crippen molar-refractivity contribution in [2.45, 2.75) is 6.42 Å². The number of ether oxygens (including phenoxy) is 1. The first-order chi connectivity index (χ1) is 7.72. The molecule has 0 heterocycles. The summed E-state index contributed by atoms with van der Waals surface area (Å²) in [6, 6.07) is 3.18. The molecule has 0 fully saturated rings. The summed E-state index contributed by atoms with van der Waals surface area (Å²) in [6.45, 7) is 0.0757. The Balaban J connectivity index is 3.07. The fraction of sp³-hybridized carbons (Fsp3) is 0.250. The van der Waals surface area contributed by atoms with Crippen LogP contribution in [-0.4, -0.2) is 30.2 Å². The fourth-order valence-corrected chi connectivity index (χ4v) is 1.29. The van der Waals surface area contributed by atoms with Crippen molar-refractivity contribution in [2.75, 3.05) is 13.7 Å². The van der Waals surface area contributed by atoms with Crippen molar-refractivity contribution in [1.29, 1.82) is 0 Å². The predicted molar refractivity (Wildman–Crippen MR) is 60.8 cm³/mol. The van der Waals surface area contributed by atoms with E-state index in [0.29, 0.717) is 12.7 Å². The zero-order chi connectivity index (χ0) is 12.0. The Kier molecular flexibility index (Phi) is 4.54. The molecule has 0 spiro atoms. The molecule has 0 unspecified atom stereocenters. The molecule has 0 saturated heterocycles. The molecule has 0 radical (unpaired) electrons. The van der Waals surface area contributed by atoms with Gasteiger partial charge in [0.1, 0.15) is 0 Å². The first-order valence-corrected chi connectivity index (χ1v) is 4.86. The number of hydrogen-bond acceptors (Lipinski definition) is 4. The summed E-state index contributed by atoms with van der Waals surface area (Å²) >= 11 is 0. The molecule has 86 valence electrons. The van der Waals surface area contributed by atoms with Crippen LogP contribution in [0.15, 0.2) is 18.2 Å². The summed E-state index contributed by atoms with van der Waals surface area (Å²) in [4.78, 5) is 10.7. The van der Waals surface area contributed by atoms with Gasteiger partial charge < -0.3 is 14.9 Å². The monoisotopic (exact) mass is 222 g/mol. The Morgan fingerprint density at radius 1 is 1.44 bits per heavy atom. The minimum atomic E-state index is -0.156. The quantitative estimate of drug-likeness (QED) is 0.743. The highest BCUT2D eigenvalue weighted by Crippen LogP contribution is 2.30. The standard InChI is InChI=1S/C12H14O4/c1-16-11-7-9(4-2-3-5-13)6-10(8-14)12(11)15/h2,4,6-8,13,15H,3,5H2,1H3. The second-order valence-corrected chi connectivity index (χ2v) is 3.19. The average molecular weight is 222 g/mol. The van der Waals surface area contributed by atoms with Gasteiger partial charge in [-0.2, -0.15) is 0 Å². The van der Waals surface area contributed by atoms with E-state index >= 15 is 0 Å². The number of aliphatic hydroxyl groups is 1. The van der Waals surface area contributed by atoms with Gasteiger partial charge in [0.15, 0.2) is 17.8 Å². The lowest BCUT2D eigenvalue weighted by atomic mass is 10.1. The van der Waals surface area contributed by atoms with Gasteiger partial charge in [-0.15, -0.1) is 0 Å². The number of aldehydes is 1. The van der Waals surface area contributed by atoms with Crippen molar-refractivity contribution < 1.29 is 19.7 Å². The van der Waals surface area contributed by atoms with Crippen molar-refractivity contribution in [3.05, 3.63) is 29.3 Å². The Bertz CT molecular complexity index is 396. The summed E-state index contributed by atoms with van der Waals surface area (Å²) in [5.41, 5.74) is 0.924. The van der Waals surface area contributed by atoms with Crippen molar-refractivity contribution in [3.8, 4) is 11.5 Å². The molecule has 0 saturated carbocycles. The van der Waals surface area contributed by atoms with E-state index < -0.39 is 0 Å². The SMILES string of the molecule is COc1cc(C=CCCO)cc(C=O)c1O. The van der Waals surface area contributed by atoms with E-state index in [1.807, 2.05) is 0 Å². The third kappa shape index (κ3) is 2.84. The topological polar surface area (TPSA) is 66.8 Å². The second-order valence-electron chi connectivity index (χ2n) is 3.19. The highest BCUT2D eigenvalue weighted by atomic mass is 16.5. The van der Waals surface area contributed by atoms with Crippen LogP contribution in [0.2, 0.25) is 0 Å². The highest BCUT2D eigenvalue weighted by molar-refractivity contribution is 5.82. The van der Waals surface area contributed by atoms with E-state index in [1.165, 1.54) is 7.11 Å². The summed E-state index contributed by atoms with van der Waals surface area (Å²) in [6.07, 6.45) is 4.65. The van der Waals surface area contributed by atoms with Crippen LogP contribution >= 0.6 is 0 Å². The molecule has 0 amide bonds. The lowest BCUT2D eigenvalue weighted by molar-refractivity contribution is 0.112. The lowest BCUT2D eigenvalue weighted by Gasteiger charge is -2.06. The van der Waals surface area contributed by atoms with E-state index in [2.05, 4.69) is 0 Å². The molecule has 0 bridgehead atoms. The average Bonchev–Trinajstić information content (AvgIpc) is 2.31. The zero-order valence-corrected chi connectivity index (χ0v) is 9.01. The number of hydrogen-bond donors (Lipinski definition) is 2. The minimum Gasteiger partial charge on any atom is -0.504 e. The molecule has 0 aliphatic heterocycles. The van der Waals surface area contributed by atoms with Gasteiger partial charge in [-0.25, -0.2) is 0 Å². The largest absolute Gasteiger partial charge is 0.504 e. The second kappa shape index (κ2) is 5.92. The molecule has 0 aromatic heterocycles. The third-order valence-electron chi connectivity index (χ3n) is 2.08. The van der Waals surface area contributed by atoms with Crippen LogP contribution in [-0.2, 0) is 0 Å². The van der Waals surface area contributed by atoms with Gasteiger partial charge in [-0.3, -0.25) is 4.79 Å². The van der Waals surface area contributed by atoms with E-state index in [-0.39, 0.29) is 23.7 Å². The van der Waals surface area contributed by atoms with Gasteiger partial charge in [-0.05, 0) is 24.1 Å². The Labute approximate surface area is 93.8 Å². The number of benzene rings is 1. The van der Waals surface area contributed by atoms with E-state index in [0.717, 1.165) is 5.56 Å². The van der Waals surface area contributed by atoms with Gasteiger partial charge in [0.05, 0.1) is 12.7 Å². The number of aliphatic hydroxyl groups excluding tert-OH is 1. The van der Waals surface area contributed by atoms with Crippen LogP contribution in [0.3, 0.4) is 0 Å². The molecular formula is C12H14O4. The van der Waals surface area contributed by atoms with Crippen molar-refractivity contribution in [1.82, 2.24) is 0 Å². The van der Waals surface area contributed by atoms with Crippen LogP contribution in [0.5, 0.6) is 11.5 Å². The van der Waals surface area contributed by atoms with Gasteiger partial charge >= 0.3 is 0 Å². The fourth-order valence-electron chi connectivity index (χ4n) is 1.29. The molecule has 4 nitrogen and oxygen atoms in total. The number of methoxy groups -OCH3 is 1. The van der Waals surface area contributed by atoms with Crippen molar-refractivity contribution in [3.63, 3.8) is 0 Å². The van der Waals surface area contributed by atoms with Gasteiger partial charge in [0, 0.05) is 6.61 Å². The number of carbonyl (C=O) groups excluding carboxylic acids is 1. The summed E-state index contributed by atoms with van der Waals surface area (Å²) in [5.74, 6) is 0.102. The van der Waals surface area contributed by atoms with Crippen LogP contribution in [0.4, 0.5) is 0 Å². The highest BCUT2D eigenvalue weighted by Gasteiger charge is 2.08. The molecule has 1 rings (SSSR count). The maximum atomic E-state index is 10.7.